The molecule has 216 valence electrons. The van der Waals surface area contributed by atoms with Crippen LogP contribution in [0.3, 0.4) is 0 Å². The Hall–Kier alpha value is -4.93. The summed E-state index contributed by atoms with van der Waals surface area (Å²) >= 11 is 0. The lowest BCUT2D eigenvalue weighted by Crippen LogP contribution is -2.21. The number of nitrogens with one attached hydrogen (secondary N) is 2. The fourth-order valence-electron chi connectivity index (χ4n) is 3.69. The summed E-state index contributed by atoms with van der Waals surface area (Å²) < 4.78 is 15.8. The summed E-state index contributed by atoms with van der Waals surface area (Å²) in [5.41, 5.74) is 1.43. The molecule has 0 unspecified atom stereocenters. The summed E-state index contributed by atoms with van der Waals surface area (Å²) in [6.45, 7) is 5.81. The number of ether oxygens (including phenoxy) is 3. The molecule has 2 amide bonds. The minimum Gasteiger partial charge on any atom is -0.497 e. The molecular weight excluding hydrogens is 530 g/mol. The first kappa shape index (κ1) is 30.6. The summed E-state index contributed by atoms with van der Waals surface area (Å²) in [6.07, 6.45) is 0.190. The molecule has 3 aromatic rings. The number of benzene rings is 3. The Labute approximate surface area is 238 Å². The molecule has 3 aromatic carbocycles. The molecular formula is C30H33N3O8. The van der Waals surface area contributed by atoms with Gasteiger partial charge in [0.2, 0.25) is 5.91 Å². The highest BCUT2D eigenvalue weighted by Gasteiger charge is 2.18. The minimum absolute atomic E-state index is 0.0559. The smallest absolute Gasteiger partial charge is 0.306 e. The molecule has 0 aliphatic heterocycles. The second-order valence-electron chi connectivity index (χ2n) is 10.2. The van der Waals surface area contributed by atoms with E-state index in [4.69, 9.17) is 14.2 Å². The lowest BCUT2D eigenvalue weighted by molar-refractivity contribution is -0.383. The van der Waals surface area contributed by atoms with Crippen molar-refractivity contribution in [2.75, 3.05) is 24.4 Å². The molecule has 0 aliphatic rings. The van der Waals surface area contributed by atoms with Gasteiger partial charge >= 0.3 is 5.97 Å². The zero-order valence-corrected chi connectivity index (χ0v) is 23.4. The number of hydrogen-bond acceptors (Lipinski definition) is 8. The maximum absolute atomic E-state index is 12.3. The van der Waals surface area contributed by atoms with Gasteiger partial charge in [-0.3, -0.25) is 24.5 Å². The second-order valence-corrected chi connectivity index (χ2v) is 10.2. The van der Waals surface area contributed by atoms with Crippen LogP contribution in [-0.2, 0) is 24.5 Å². The van der Waals surface area contributed by atoms with E-state index < -0.39 is 23.4 Å². The minimum atomic E-state index is -0.748. The van der Waals surface area contributed by atoms with Crippen LogP contribution in [0.15, 0.2) is 66.7 Å². The van der Waals surface area contributed by atoms with Crippen molar-refractivity contribution < 1.29 is 33.5 Å². The van der Waals surface area contributed by atoms with Crippen molar-refractivity contribution in [2.24, 2.45) is 0 Å². The molecule has 0 saturated heterocycles. The Bertz CT molecular complexity index is 1380. The van der Waals surface area contributed by atoms with Gasteiger partial charge in [0.1, 0.15) is 22.9 Å². The van der Waals surface area contributed by atoms with Crippen molar-refractivity contribution in [1.29, 1.82) is 0 Å². The molecule has 2 N–H and O–H groups in total. The summed E-state index contributed by atoms with van der Waals surface area (Å²) in [4.78, 5) is 46.9. The summed E-state index contributed by atoms with van der Waals surface area (Å²) in [7, 11) is 1.38. The van der Waals surface area contributed by atoms with Gasteiger partial charge in [-0.15, -0.1) is 0 Å². The number of carbonyl (C=O) groups is 3. The van der Waals surface area contributed by atoms with E-state index in [1.54, 1.807) is 24.3 Å². The fourth-order valence-corrected chi connectivity index (χ4v) is 3.69. The largest absolute Gasteiger partial charge is 0.497 e. The molecule has 0 heterocycles. The number of nitrogens with zero attached hydrogens (tertiary/aromatic N) is 1. The number of hydrogen-bond donors (Lipinski definition) is 2. The van der Waals surface area contributed by atoms with Crippen LogP contribution in [0.25, 0.3) is 0 Å². The quantitative estimate of drug-likeness (QED) is 0.155. The Morgan fingerprint density at radius 3 is 2.02 bits per heavy atom. The third-order valence-corrected chi connectivity index (χ3v) is 5.92. The van der Waals surface area contributed by atoms with E-state index in [0.29, 0.717) is 22.9 Å². The molecule has 3 rings (SSSR count). The zero-order chi connectivity index (χ0) is 30.0. The van der Waals surface area contributed by atoms with E-state index >= 15 is 0 Å². The first-order chi connectivity index (χ1) is 19.4. The third-order valence-electron chi connectivity index (χ3n) is 5.92. The van der Waals surface area contributed by atoms with E-state index in [1.165, 1.54) is 30.9 Å². The van der Waals surface area contributed by atoms with Gasteiger partial charge in [0.05, 0.1) is 12.0 Å². The molecule has 0 fully saturated rings. The van der Waals surface area contributed by atoms with Crippen molar-refractivity contribution in [2.45, 2.75) is 45.4 Å². The fraction of sp³-hybridized carbons (Fsp3) is 0.300. The van der Waals surface area contributed by atoms with Crippen LogP contribution in [0.2, 0.25) is 0 Å². The van der Waals surface area contributed by atoms with E-state index in [-0.39, 0.29) is 42.0 Å². The highest BCUT2D eigenvalue weighted by atomic mass is 16.6. The van der Waals surface area contributed by atoms with Crippen molar-refractivity contribution >= 4 is 34.8 Å². The highest BCUT2D eigenvalue weighted by molar-refractivity contribution is 5.95. The van der Waals surface area contributed by atoms with Crippen LogP contribution in [0.5, 0.6) is 17.2 Å². The van der Waals surface area contributed by atoms with Gasteiger partial charge in [-0.1, -0.05) is 32.9 Å². The first-order valence-corrected chi connectivity index (χ1v) is 12.9. The summed E-state index contributed by atoms with van der Waals surface area (Å²) in [6, 6.07) is 18.7. The number of nitro benzene ring substituents is 1. The maximum Gasteiger partial charge on any atom is 0.306 e. The van der Waals surface area contributed by atoms with Gasteiger partial charge < -0.3 is 24.8 Å². The lowest BCUT2D eigenvalue weighted by atomic mass is 9.87. The van der Waals surface area contributed by atoms with Crippen molar-refractivity contribution in [3.63, 3.8) is 0 Å². The molecule has 0 spiro atoms. The predicted octanol–water partition coefficient (Wildman–Crippen LogP) is 5.98. The van der Waals surface area contributed by atoms with Crippen molar-refractivity contribution in [3.05, 3.63) is 82.4 Å². The summed E-state index contributed by atoms with van der Waals surface area (Å²) in [5.74, 6) is -0.0633. The van der Waals surface area contributed by atoms with E-state index in [9.17, 15) is 24.5 Å². The average Bonchev–Trinajstić information content (AvgIpc) is 2.92. The number of esters is 1. The van der Waals surface area contributed by atoms with Crippen molar-refractivity contribution in [1.82, 2.24) is 0 Å². The van der Waals surface area contributed by atoms with Gasteiger partial charge in [-0.2, -0.15) is 0 Å². The maximum atomic E-state index is 12.3. The van der Waals surface area contributed by atoms with Crippen LogP contribution >= 0.6 is 0 Å². The van der Waals surface area contributed by atoms with Crippen LogP contribution in [-0.4, -0.2) is 36.4 Å². The molecule has 0 saturated carbocycles. The van der Waals surface area contributed by atoms with Gasteiger partial charge in [-0.05, 0) is 59.9 Å². The molecule has 41 heavy (non-hydrogen) atoms. The number of carbonyl (C=O) groups excluding carboxylic acids is 3. The lowest BCUT2D eigenvalue weighted by Gasteiger charge is -2.19. The topological polar surface area (TPSA) is 146 Å². The standard InChI is InChI=1S/C30H33N3O8/c1-30(2,3)20-8-12-22(13-9-20)41-23-14-10-21(11-15-23)31-27(34)6-5-7-29(36)40-19-28(35)32-25-18-24(39-4)16-17-26(25)33(37)38/h8-18H,5-7,19H2,1-4H3,(H,31,34)(H,32,35). The molecule has 0 bridgehead atoms. The van der Waals surface area contributed by atoms with Gasteiger partial charge in [-0.25, -0.2) is 0 Å². The highest BCUT2D eigenvalue weighted by Crippen LogP contribution is 2.29. The van der Waals surface area contributed by atoms with Gasteiger partial charge in [0, 0.05) is 30.7 Å². The summed E-state index contributed by atoms with van der Waals surface area (Å²) in [5, 5.41) is 16.3. The SMILES string of the molecule is COc1ccc([N+](=O)[O-])c(NC(=O)COC(=O)CCCC(=O)Nc2ccc(Oc3ccc(C(C)(C)C)cc3)cc2)c1. The van der Waals surface area contributed by atoms with E-state index in [2.05, 4.69) is 31.4 Å². The molecule has 0 radical (unpaired) electrons. The second kappa shape index (κ2) is 13.9. The zero-order valence-electron chi connectivity index (χ0n) is 23.4. The van der Waals surface area contributed by atoms with Crippen LogP contribution in [0.4, 0.5) is 17.1 Å². The van der Waals surface area contributed by atoms with E-state index in [1.807, 2.05) is 24.3 Å². The third kappa shape index (κ3) is 9.64. The van der Waals surface area contributed by atoms with Gasteiger partial charge in [0.15, 0.2) is 6.61 Å². The Morgan fingerprint density at radius 2 is 1.44 bits per heavy atom. The number of amides is 2. The number of methoxy groups -OCH3 is 1. The van der Waals surface area contributed by atoms with Crippen LogP contribution in [0.1, 0.15) is 45.6 Å². The molecule has 0 atom stereocenters. The normalized spacial score (nSPS) is 10.8. The van der Waals surface area contributed by atoms with Crippen LogP contribution < -0.4 is 20.1 Å². The number of nitro groups is 1. The molecule has 11 nitrogen and oxygen atoms in total. The van der Waals surface area contributed by atoms with E-state index in [0.717, 1.165) is 0 Å². The Balaban J connectivity index is 1.37. The molecule has 0 aliphatic carbocycles. The van der Waals surface area contributed by atoms with Crippen molar-refractivity contribution in [3.8, 4) is 17.2 Å². The number of rotatable bonds is 12. The number of anilines is 2. The molecule has 11 heteroatoms. The Morgan fingerprint density at radius 1 is 0.829 bits per heavy atom. The van der Waals surface area contributed by atoms with Gasteiger partial charge in [0.25, 0.3) is 11.6 Å². The molecule has 0 aromatic heterocycles. The monoisotopic (exact) mass is 563 g/mol. The first-order valence-electron chi connectivity index (χ1n) is 12.9. The Kier molecular flexibility index (Phi) is 10.4. The predicted molar refractivity (Wildman–Crippen MR) is 153 cm³/mol. The van der Waals surface area contributed by atoms with Crippen LogP contribution in [0, 0.1) is 10.1 Å². The average molecular weight is 564 g/mol.